The molecule has 0 spiro atoms. The van der Waals surface area contributed by atoms with Crippen molar-refractivity contribution in [3.05, 3.63) is 71.8 Å². The van der Waals surface area contributed by atoms with E-state index in [1.54, 1.807) is 11.8 Å². The minimum absolute atomic E-state index is 0.721. The van der Waals surface area contributed by atoms with Gasteiger partial charge in [-0.15, -0.1) is 0 Å². The lowest BCUT2D eigenvalue weighted by Crippen LogP contribution is -2.19. The highest BCUT2D eigenvalue weighted by molar-refractivity contribution is 8.13. The molecule has 0 unspecified atom stereocenters. The standard InChI is InChI=1S/C16H18N2S/c1-19-16(17-12-14-8-4-2-5-9-14)18-13-15-10-6-3-7-11-15/h2-11H,12-13H2,1H3,(H,17,18). The molecule has 0 heterocycles. The SMILES string of the molecule is CSC(=NCc1ccccc1)NCc1ccccc1. The number of aliphatic imine (C=N–C) groups is 1. The molecule has 1 N–H and O–H groups in total. The summed E-state index contributed by atoms with van der Waals surface area (Å²) in [6.45, 7) is 1.54. The van der Waals surface area contributed by atoms with E-state index in [1.807, 2.05) is 30.5 Å². The molecule has 98 valence electrons. The average molecular weight is 270 g/mol. The Balaban J connectivity index is 1.89. The number of nitrogens with zero attached hydrogens (tertiary/aromatic N) is 1. The fraction of sp³-hybridized carbons (Fsp3) is 0.188. The second-order valence-corrected chi connectivity index (χ2v) is 4.95. The molecule has 0 bridgehead atoms. The number of hydrogen-bond donors (Lipinski definition) is 1. The maximum atomic E-state index is 4.60. The predicted molar refractivity (Wildman–Crippen MR) is 84.4 cm³/mol. The molecule has 0 atom stereocenters. The topological polar surface area (TPSA) is 24.4 Å². The van der Waals surface area contributed by atoms with Crippen molar-refractivity contribution < 1.29 is 0 Å². The van der Waals surface area contributed by atoms with E-state index in [2.05, 4.69) is 46.7 Å². The molecule has 0 aliphatic carbocycles. The van der Waals surface area contributed by atoms with Crippen molar-refractivity contribution in [3.63, 3.8) is 0 Å². The van der Waals surface area contributed by atoms with Crippen LogP contribution in [0.5, 0.6) is 0 Å². The van der Waals surface area contributed by atoms with Crippen molar-refractivity contribution in [3.8, 4) is 0 Å². The van der Waals surface area contributed by atoms with E-state index in [4.69, 9.17) is 0 Å². The van der Waals surface area contributed by atoms with E-state index in [1.165, 1.54) is 11.1 Å². The molecule has 0 saturated heterocycles. The zero-order valence-corrected chi connectivity index (χ0v) is 11.9. The number of amidine groups is 1. The monoisotopic (exact) mass is 270 g/mol. The Bertz CT molecular complexity index is 509. The Labute approximate surface area is 119 Å². The second-order valence-electron chi connectivity index (χ2n) is 4.15. The molecule has 0 aliphatic rings. The first-order valence-electron chi connectivity index (χ1n) is 6.28. The first-order chi connectivity index (χ1) is 9.38. The molecule has 0 amide bonds. The van der Waals surface area contributed by atoms with Gasteiger partial charge in [-0.05, 0) is 17.4 Å². The Morgan fingerprint density at radius 1 is 0.947 bits per heavy atom. The molecule has 0 aliphatic heterocycles. The molecule has 0 fully saturated rings. The fourth-order valence-corrected chi connectivity index (χ4v) is 2.12. The molecule has 19 heavy (non-hydrogen) atoms. The maximum absolute atomic E-state index is 4.60. The molecular formula is C16H18N2S. The van der Waals surface area contributed by atoms with Gasteiger partial charge in [-0.2, -0.15) is 0 Å². The number of rotatable bonds is 4. The Morgan fingerprint density at radius 2 is 1.53 bits per heavy atom. The third-order valence-corrected chi connectivity index (χ3v) is 3.39. The largest absolute Gasteiger partial charge is 0.361 e. The Kier molecular flexibility index (Phi) is 5.50. The summed E-state index contributed by atoms with van der Waals surface area (Å²) in [6.07, 6.45) is 2.04. The van der Waals surface area contributed by atoms with Crippen LogP contribution >= 0.6 is 11.8 Å². The van der Waals surface area contributed by atoms with Gasteiger partial charge in [0.2, 0.25) is 0 Å². The third-order valence-electron chi connectivity index (χ3n) is 2.73. The van der Waals surface area contributed by atoms with Crippen molar-refractivity contribution in [2.75, 3.05) is 6.26 Å². The van der Waals surface area contributed by atoms with Crippen LogP contribution in [0.3, 0.4) is 0 Å². The van der Waals surface area contributed by atoms with E-state index < -0.39 is 0 Å². The highest BCUT2D eigenvalue weighted by Crippen LogP contribution is 2.05. The number of benzene rings is 2. The lowest BCUT2D eigenvalue weighted by molar-refractivity contribution is 0.911. The number of thioether (sulfide) groups is 1. The summed E-state index contributed by atoms with van der Waals surface area (Å²) in [5.74, 6) is 0. The predicted octanol–water partition coefficient (Wildman–Crippen LogP) is 3.70. The highest BCUT2D eigenvalue weighted by atomic mass is 32.2. The summed E-state index contributed by atoms with van der Waals surface area (Å²) in [7, 11) is 0. The molecule has 2 rings (SSSR count). The molecule has 2 aromatic carbocycles. The zero-order valence-electron chi connectivity index (χ0n) is 11.0. The van der Waals surface area contributed by atoms with Gasteiger partial charge in [-0.25, -0.2) is 0 Å². The van der Waals surface area contributed by atoms with Gasteiger partial charge < -0.3 is 5.32 Å². The summed E-state index contributed by atoms with van der Waals surface area (Å²) in [6, 6.07) is 20.7. The molecule has 0 aromatic heterocycles. The smallest absolute Gasteiger partial charge is 0.156 e. The Hall–Kier alpha value is -1.74. The highest BCUT2D eigenvalue weighted by Gasteiger charge is 1.97. The van der Waals surface area contributed by atoms with Gasteiger partial charge in [0, 0.05) is 6.54 Å². The van der Waals surface area contributed by atoms with Crippen LogP contribution in [0.15, 0.2) is 65.7 Å². The van der Waals surface area contributed by atoms with E-state index >= 15 is 0 Å². The molecule has 0 radical (unpaired) electrons. The van der Waals surface area contributed by atoms with Crippen LogP contribution in [0, 0.1) is 0 Å². The molecular weight excluding hydrogens is 252 g/mol. The van der Waals surface area contributed by atoms with Crippen molar-refractivity contribution in [2.45, 2.75) is 13.1 Å². The lowest BCUT2D eigenvalue weighted by Gasteiger charge is -2.07. The van der Waals surface area contributed by atoms with Crippen molar-refractivity contribution in [1.29, 1.82) is 0 Å². The van der Waals surface area contributed by atoms with Gasteiger partial charge in [-0.3, -0.25) is 4.99 Å². The van der Waals surface area contributed by atoms with E-state index in [0.717, 1.165) is 18.3 Å². The van der Waals surface area contributed by atoms with Crippen LogP contribution in [0.2, 0.25) is 0 Å². The fourth-order valence-electron chi connectivity index (χ4n) is 1.71. The maximum Gasteiger partial charge on any atom is 0.156 e. The van der Waals surface area contributed by atoms with Gasteiger partial charge in [-0.1, -0.05) is 72.4 Å². The summed E-state index contributed by atoms with van der Waals surface area (Å²) >= 11 is 1.65. The van der Waals surface area contributed by atoms with Gasteiger partial charge in [0.25, 0.3) is 0 Å². The van der Waals surface area contributed by atoms with Crippen LogP contribution in [-0.4, -0.2) is 11.4 Å². The van der Waals surface area contributed by atoms with Crippen LogP contribution in [-0.2, 0) is 13.1 Å². The van der Waals surface area contributed by atoms with Gasteiger partial charge in [0.05, 0.1) is 6.54 Å². The molecule has 0 saturated carbocycles. The van der Waals surface area contributed by atoms with Crippen LogP contribution in [0.25, 0.3) is 0 Å². The Morgan fingerprint density at radius 3 is 2.11 bits per heavy atom. The summed E-state index contributed by atoms with van der Waals surface area (Å²) in [4.78, 5) is 4.60. The molecule has 2 nitrogen and oxygen atoms in total. The summed E-state index contributed by atoms with van der Waals surface area (Å²) < 4.78 is 0. The summed E-state index contributed by atoms with van der Waals surface area (Å²) in [5, 5.41) is 4.35. The minimum Gasteiger partial charge on any atom is -0.361 e. The first kappa shape index (κ1) is 13.7. The van der Waals surface area contributed by atoms with Crippen LogP contribution in [0.1, 0.15) is 11.1 Å². The van der Waals surface area contributed by atoms with Crippen molar-refractivity contribution >= 4 is 16.9 Å². The number of hydrogen-bond acceptors (Lipinski definition) is 2. The normalized spacial score (nSPS) is 11.3. The van der Waals surface area contributed by atoms with E-state index in [0.29, 0.717) is 0 Å². The van der Waals surface area contributed by atoms with E-state index in [9.17, 15) is 0 Å². The average Bonchev–Trinajstić information content (AvgIpc) is 2.49. The van der Waals surface area contributed by atoms with Gasteiger partial charge >= 0.3 is 0 Å². The lowest BCUT2D eigenvalue weighted by atomic mass is 10.2. The summed E-state index contributed by atoms with van der Waals surface area (Å²) in [5.41, 5.74) is 2.50. The van der Waals surface area contributed by atoms with Gasteiger partial charge in [0.1, 0.15) is 0 Å². The van der Waals surface area contributed by atoms with Crippen LogP contribution < -0.4 is 5.32 Å². The molecule has 2 aromatic rings. The van der Waals surface area contributed by atoms with Crippen LogP contribution in [0.4, 0.5) is 0 Å². The quantitative estimate of drug-likeness (QED) is 0.677. The number of nitrogens with one attached hydrogen (secondary N) is 1. The van der Waals surface area contributed by atoms with Gasteiger partial charge in [0.15, 0.2) is 5.17 Å². The van der Waals surface area contributed by atoms with Crippen molar-refractivity contribution in [1.82, 2.24) is 5.32 Å². The molecule has 3 heteroatoms. The van der Waals surface area contributed by atoms with E-state index in [-0.39, 0.29) is 0 Å². The zero-order chi connectivity index (χ0) is 13.3. The second kappa shape index (κ2) is 7.64. The minimum atomic E-state index is 0.721. The first-order valence-corrected chi connectivity index (χ1v) is 7.51. The third kappa shape index (κ3) is 4.79. The van der Waals surface area contributed by atoms with Crippen molar-refractivity contribution in [2.24, 2.45) is 4.99 Å².